The van der Waals surface area contributed by atoms with E-state index in [9.17, 15) is 4.79 Å². The van der Waals surface area contributed by atoms with Crippen LogP contribution in [0.5, 0.6) is 0 Å². The zero-order chi connectivity index (χ0) is 27.0. The van der Waals surface area contributed by atoms with Gasteiger partial charge >= 0.3 is 0 Å². The van der Waals surface area contributed by atoms with Crippen LogP contribution in [-0.2, 0) is 17.0 Å². The Kier molecular flexibility index (Phi) is 9.62. The van der Waals surface area contributed by atoms with Crippen LogP contribution < -0.4 is 5.32 Å². The second-order valence-corrected chi connectivity index (χ2v) is 11.8. The van der Waals surface area contributed by atoms with E-state index < -0.39 is 0 Å². The van der Waals surface area contributed by atoms with Gasteiger partial charge in [0.1, 0.15) is 0 Å². The van der Waals surface area contributed by atoms with Crippen LogP contribution in [0.15, 0.2) is 84.0 Å². The minimum atomic E-state index is -0.381. The number of nitrogens with zero attached hydrogens (tertiary/aromatic N) is 3. The summed E-state index contributed by atoms with van der Waals surface area (Å²) in [5, 5.41) is 14.3. The van der Waals surface area contributed by atoms with E-state index in [1.165, 1.54) is 31.2 Å². The summed E-state index contributed by atoms with van der Waals surface area (Å²) in [6.07, 6.45) is 7.04. The number of halogens is 2. The molecule has 3 aromatic carbocycles. The molecule has 0 aliphatic heterocycles. The number of carbonyl (C=O) groups excluding carboxylic acids is 1. The lowest BCUT2D eigenvalue weighted by Crippen LogP contribution is -2.32. The highest BCUT2D eigenvalue weighted by molar-refractivity contribution is 7.98. The van der Waals surface area contributed by atoms with Gasteiger partial charge in [0.15, 0.2) is 11.0 Å². The van der Waals surface area contributed by atoms with Crippen LogP contribution in [0.3, 0.4) is 0 Å². The van der Waals surface area contributed by atoms with Crippen molar-refractivity contribution in [1.29, 1.82) is 0 Å². The first-order valence-corrected chi connectivity index (χ1v) is 15.2. The van der Waals surface area contributed by atoms with Gasteiger partial charge in [0.05, 0.1) is 16.8 Å². The first-order chi connectivity index (χ1) is 19.1. The van der Waals surface area contributed by atoms with Crippen LogP contribution >= 0.6 is 35.0 Å². The topological polar surface area (TPSA) is 59.8 Å². The van der Waals surface area contributed by atoms with Gasteiger partial charge in [-0.3, -0.25) is 9.36 Å². The molecule has 1 N–H and O–H groups in total. The van der Waals surface area contributed by atoms with Crippen molar-refractivity contribution in [3.8, 4) is 5.69 Å². The van der Waals surface area contributed by atoms with Crippen molar-refractivity contribution in [1.82, 2.24) is 20.1 Å². The smallest absolute Gasteiger partial charge is 0.220 e. The van der Waals surface area contributed by atoms with Crippen molar-refractivity contribution in [2.45, 2.75) is 61.9 Å². The molecule has 0 spiro atoms. The van der Waals surface area contributed by atoms with Crippen molar-refractivity contribution < 1.29 is 4.79 Å². The van der Waals surface area contributed by atoms with E-state index in [-0.39, 0.29) is 11.9 Å². The van der Waals surface area contributed by atoms with Crippen molar-refractivity contribution in [3.63, 3.8) is 0 Å². The molecule has 1 aliphatic rings. The molecule has 1 unspecified atom stereocenters. The van der Waals surface area contributed by atoms with E-state index in [0.717, 1.165) is 23.4 Å². The van der Waals surface area contributed by atoms with Gasteiger partial charge in [-0.05, 0) is 48.1 Å². The van der Waals surface area contributed by atoms with E-state index in [1.807, 2.05) is 53.1 Å². The lowest BCUT2D eigenvalue weighted by atomic mass is 10.0. The Labute approximate surface area is 244 Å². The number of benzene rings is 3. The molecule has 1 aromatic heterocycles. The molecule has 5 nitrogen and oxygen atoms in total. The SMILES string of the molecule is O=C(CCC1CCCC1)NC(Cc1ccccc1)c1nnc(SCc2ccccc2)n1-c1ccc(Cl)cc1Cl. The summed E-state index contributed by atoms with van der Waals surface area (Å²) in [6, 6.07) is 25.4. The van der Waals surface area contributed by atoms with Gasteiger partial charge in [0.25, 0.3) is 0 Å². The standard InChI is InChI=1S/C31H32Cl2N4OS/c32-25-16-17-28(26(33)20-25)37-30(35-36-31(37)39-21-24-13-5-2-6-14-24)27(19-23-11-3-1-4-12-23)34-29(38)18-15-22-9-7-8-10-22/h1-6,11-14,16-17,20,22,27H,7-10,15,18-19,21H2,(H,34,38). The minimum absolute atomic E-state index is 0.0399. The number of carbonyl (C=O) groups is 1. The second-order valence-electron chi connectivity index (χ2n) is 10.0. The fraction of sp³-hybridized carbons (Fsp3) is 0.323. The van der Waals surface area contributed by atoms with Crippen molar-refractivity contribution in [2.24, 2.45) is 5.92 Å². The molecule has 1 fully saturated rings. The summed E-state index contributed by atoms with van der Waals surface area (Å²) >= 11 is 14.5. The number of hydrogen-bond donors (Lipinski definition) is 1. The van der Waals surface area contributed by atoms with E-state index in [4.69, 9.17) is 23.2 Å². The average molecular weight is 580 g/mol. The molecule has 202 valence electrons. The summed E-state index contributed by atoms with van der Waals surface area (Å²) in [7, 11) is 0. The average Bonchev–Trinajstić information content (AvgIpc) is 3.62. The molecule has 1 heterocycles. The molecule has 1 atom stereocenters. The van der Waals surface area contributed by atoms with Gasteiger partial charge in [-0.2, -0.15) is 0 Å². The Bertz CT molecular complexity index is 1370. The lowest BCUT2D eigenvalue weighted by Gasteiger charge is -2.21. The maximum absolute atomic E-state index is 13.2. The summed E-state index contributed by atoms with van der Waals surface area (Å²) in [4.78, 5) is 13.2. The number of nitrogens with one attached hydrogen (secondary N) is 1. The first-order valence-electron chi connectivity index (χ1n) is 13.5. The van der Waals surface area contributed by atoms with Crippen LogP contribution in [0, 0.1) is 5.92 Å². The van der Waals surface area contributed by atoms with Gasteiger partial charge in [-0.25, -0.2) is 0 Å². The van der Waals surface area contributed by atoms with Gasteiger partial charge in [0, 0.05) is 17.2 Å². The fourth-order valence-electron chi connectivity index (χ4n) is 5.17. The van der Waals surface area contributed by atoms with Crippen LogP contribution in [0.25, 0.3) is 5.69 Å². The van der Waals surface area contributed by atoms with E-state index in [1.54, 1.807) is 17.8 Å². The van der Waals surface area contributed by atoms with Crippen molar-refractivity contribution >= 4 is 40.9 Å². The first kappa shape index (κ1) is 27.8. The van der Waals surface area contributed by atoms with Gasteiger partial charge in [-0.1, -0.05) is 121 Å². The Hall–Kier alpha value is -2.80. The summed E-state index contributed by atoms with van der Waals surface area (Å²) in [5.41, 5.74) is 3.02. The number of hydrogen-bond acceptors (Lipinski definition) is 4. The van der Waals surface area contributed by atoms with Crippen LogP contribution in [-0.4, -0.2) is 20.7 Å². The van der Waals surface area contributed by atoms with Crippen molar-refractivity contribution in [2.75, 3.05) is 0 Å². The second kappa shape index (κ2) is 13.5. The zero-order valence-electron chi connectivity index (χ0n) is 21.7. The van der Waals surface area contributed by atoms with E-state index in [2.05, 4.69) is 39.8 Å². The molecule has 4 aromatic rings. The highest BCUT2D eigenvalue weighted by Gasteiger charge is 2.26. The number of rotatable bonds is 11. The number of thioether (sulfide) groups is 1. The molecule has 1 aliphatic carbocycles. The molecule has 39 heavy (non-hydrogen) atoms. The van der Waals surface area contributed by atoms with Gasteiger partial charge in [-0.15, -0.1) is 10.2 Å². The quantitative estimate of drug-likeness (QED) is 0.182. The van der Waals surface area contributed by atoms with Crippen LogP contribution in [0.4, 0.5) is 0 Å². The Morgan fingerprint density at radius 3 is 2.33 bits per heavy atom. The Morgan fingerprint density at radius 2 is 1.64 bits per heavy atom. The van der Waals surface area contributed by atoms with Gasteiger partial charge in [0.2, 0.25) is 5.91 Å². The lowest BCUT2D eigenvalue weighted by molar-refractivity contribution is -0.122. The van der Waals surface area contributed by atoms with Crippen LogP contribution in [0.1, 0.15) is 61.5 Å². The molecular formula is C31H32Cl2N4OS. The monoisotopic (exact) mass is 578 g/mol. The van der Waals surface area contributed by atoms with E-state index in [0.29, 0.717) is 39.8 Å². The van der Waals surface area contributed by atoms with Crippen molar-refractivity contribution in [3.05, 3.63) is 106 Å². The third kappa shape index (κ3) is 7.44. The summed E-state index contributed by atoms with van der Waals surface area (Å²) in [5.74, 6) is 2.06. The molecule has 0 bridgehead atoms. The highest BCUT2D eigenvalue weighted by Crippen LogP contribution is 2.33. The molecule has 0 radical (unpaired) electrons. The third-order valence-corrected chi connectivity index (χ3v) is 8.74. The van der Waals surface area contributed by atoms with Crippen LogP contribution in [0.2, 0.25) is 10.0 Å². The van der Waals surface area contributed by atoms with E-state index >= 15 is 0 Å². The fourth-order valence-corrected chi connectivity index (χ4v) is 6.57. The number of aromatic nitrogens is 3. The molecule has 8 heteroatoms. The predicted octanol–water partition coefficient (Wildman–Crippen LogP) is 8.24. The molecule has 0 saturated heterocycles. The number of amides is 1. The molecule has 1 saturated carbocycles. The maximum atomic E-state index is 13.2. The zero-order valence-corrected chi connectivity index (χ0v) is 24.1. The largest absolute Gasteiger partial charge is 0.346 e. The molecule has 1 amide bonds. The predicted molar refractivity (Wildman–Crippen MR) is 160 cm³/mol. The Balaban J connectivity index is 1.47. The minimum Gasteiger partial charge on any atom is -0.346 e. The highest BCUT2D eigenvalue weighted by atomic mass is 35.5. The summed E-state index contributed by atoms with van der Waals surface area (Å²) in [6.45, 7) is 0. The Morgan fingerprint density at radius 1 is 0.949 bits per heavy atom. The third-order valence-electron chi connectivity index (χ3n) is 7.20. The maximum Gasteiger partial charge on any atom is 0.220 e. The molecular weight excluding hydrogens is 547 g/mol. The summed E-state index contributed by atoms with van der Waals surface area (Å²) < 4.78 is 1.97. The van der Waals surface area contributed by atoms with Gasteiger partial charge < -0.3 is 5.32 Å². The molecule has 5 rings (SSSR count). The normalized spacial score (nSPS) is 14.4.